The molecule has 3 fully saturated rings. The van der Waals surface area contributed by atoms with Crippen LogP contribution in [0.5, 0.6) is 5.75 Å². The maximum atomic E-state index is 6.20. The van der Waals surface area contributed by atoms with Crippen LogP contribution in [0, 0.1) is 19.8 Å². The van der Waals surface area contributed by atoms with Crippen LogP contribution < -0.4 is 18.0 Å². The minimum absolute atomic E-state index is 0. The third-order valence-corrected chi connectivity index (χ3v) is 8.40. The van der Waals surface area contributed by atoms with Crippen LogP contribution in [0.4, 0.5) is 0 Å². The van der Waals surface area contributed by atoms with Crippen molar-refractivity contribution in [3.05, 3.63) is 130 Å². The zero-order chi connectivity index (χ0) is 35.6. The van der Waals surface area contributed by atoms with Crippen LogP contribution in [0.1, 0.15) is 24.0 Å². The van der Waals surface area contributed by atoms with Gasteiger partial charge in [-0.1, -0.05) is 94.5 Å². The number of halogens is 9. The number of aromatic nitrogens is 3. The zero-order valence-electron chi connectivity index (χ0n) is 27.1. The van der Waals surface area contributed by atoms with Crippen molar-refractivity contribution >= 4 is 133 Å². The number of fused-ring (bicyclic) bond motifs is 3. The van der Waals surface area contributed by atoms with Crippen LogP contribution in [-0.2, 0) is 0 Å². The van der Waals surface area contributed by atoms with Crippen LogP contribution in [0.3, 0.4) is 0 Å². The fraction of sp³-hybridized carbons (Fsp3) is 0.250. The molecule has 2 aromatic carbocycles. The van der Waals surface area contributed by atoms with E-state index in [1.807, 2.05) is 18.3 Å². The number of hydrogen-bond acceptors (Lipinski definition) is 5. The molecule has 0 spiro atoms. The fourth-order valence-corrected chi connectivity index (χ4v) is 5.53. The summed E-state index contributed by atoms with van der Waals surface area (Å²) >= 11 is 26.2. The van der Waals surface area contributed by atoms with Gasteiger partial charge in [-0.3, -0.25) is 14.9 Å². The summed E-state index contributed by atoms with van der Waals surface area (Å²) in [4.78, 5) is 15.0. The molecule has 5 nitrogen and oxygen atoms in total. The van der Waals surface area contributed by atoms with E-state index in [2.05, 4.69) is 169 Å². The Morgan fingerprint density at radius 3 is 1.48 bits per heavy atom. The Hall–Kier alpha value is 0.900. The van der Waals surface area contributed by atoms with E-state index in [0.717, 1.165) is 40.7 Å². The molecule has 0 saturated carbocycles. The molecule has 3 aliphatic heterocycles. The van der Waals surface area contributed by atoms with E-state index < -0.39 is 0 Å². The number of benzene rings is 2. The van der Waals surface area contributed by atoms with Gasteiger partial charge in [0.2, 0.25) is 0 Å². The number of nitrogens with zero attached hydrogens (tertiary/aromatic N) is 4. The molecule has 270 valence electrons. The summed E-state index contributed by atoms with van der Waals surface area (Å²) in [6.07, 6.45) is 7.93. The molecule has 0 N–H and O–H groups in total. The van der Waals surface area contributed by atoms with Crippen molar-refractivity contribution in [2.45, 2.75) is 32.8 Å². The molecule has 2 bridgehead atoms. The van der Waals surface area contributed by atoms with E-state index in [1.54, 1.807) is 18.3 Å². The van der Waals surface area contributed by atoms with Crippen LogP contribution in [0.15, 0.2) is 104 Å². The van der Waals surface area contributed by atoms with Gasteiger partial charge in [-0.2, -0.15) is 0 Å². The normalized spacial score (nSPS) is 16.7. The van der Waals surface area contributed by atoms with Crippen LogP contribution in [0.25, 0.3) is 22.5 Å². The van der Waals surface area contributed by atoms with Gasteiger partial charge in [0.05, 0.1) is 27.6 Å². The first-order valence-corrected chi connectivity index (χ1v) is 35.1. The minimum atomic E-state index is 0. The predicted octanol–water partition coefficient (Wildman–Crippen LogP) is 10.8. The van der Waals surface area contributed by atoms with Crippen molar-refractivity contribution in [1.29, 1.82) is 0 Å². The monoisotopic (exact) mass is 1410 g/mol. The Labute approximate surface area is 381 Å². The Kier molecular flexibility index (Phi) is 25.1. The third-order valence-electron chi connectivity index (χ3n) is 7.73. The average Bonchev–Trinajstić information content (AvgIpc) is 3.13. The first kappa shape index (κ1) is 47.1. The molecule has 0 radical (unpaired) electrons. The van der Waals surface area contributed by atoms with Gasteiger partial charge in [0.1, 0.15) is 17.0 Å². The predicted molar refractivity (Wildman–Crippen MR) is 253 cm³/mol. The Morgan fingerprint density at radius 1 is 0.660 bits per heavy atom. The van der Waals surface area contributed by atoms with Crippen molar-refractivity contribution in [3.8, 4) is 28.3 Å². The second-order valence-electron chi connectivity index (χ2n) is 11.1. The van der Waals surface area contributed by atoms with Crippen LogP contribution in [0.2, 0.25) is 15.2 Å². The van der Waals surface area contributed by atoms with E-state index in [1.165, 1.54) is 43.3 Å². The standard InChI is InChI=1S/C19H22N2O.C12H10ClN.C5H3Cl2N.I3.I2.HI/c1-14-2-4-15(5-3-14)18-7-6-17(12-20-18)22-19-13-21-10-8-16(19)9-11-21;1-9-2-4-10(5-3-9)12-7-6-11(13)8-14-12;6-4-1-2-5(7)8-3-4;1-3-2;1-2;/h2-7,12,16,19H,8-11,13H2,1H3;2-8H,1H3;1-3H;;;1H/q;;;-1;;/t19-;;;;;/m0...../s1. The number of piperidine rings is 3. The van der Waals surface area contributed by atoms with Gasteiger partial charge in [-0.15, -0.1) is 24.0 Å². The summed E-state index contributed by atoms with van der Waals surface area (Å²) in [5.74, 6) is 1.62. The van der Waals surface area contributed by atoms with Gasteiger partial charge in [0, 0.05) is 67.3 Å². The van der Waals surface area contributed by atoms with Gasteiger partial charge in [-0.25, -0.2) is 4.98 Å². The van der Waals surface area contributed by atoms with Crippen molar-refractivity contribution in [2.24, 2.45) is 5.92 Å². The number of pyridine rings is 3. The van der Waals surface area contributed by atoms with Crippen molar-refractivity contribution in [1.82, 2.24) is 19.9 Å². The summed E-state index contributed by atoms with van der Waals surface area (Å²) in [5.41, 5.74) is 6.75. The number of aryl methyl sites for hydroxylation is 2. The van der Waals surface area contributed by atoms with Gasteiger partial charge >= 0.3 is 50.5 Å². The van der Waals surface area contributed by atoms with Gasteiger partial charge in [-0.05, 0) is 82.1 Å². The maximum absolute atomic E-state index is 6.20. The van der Waals surface area contributed by atoms with E-state index in [9.17, 15) is 0 Å². The number of rotatable bonds is 4. The van der Waals surface area contributed by atoms with Gasteiger partial charge < -0.3 is 4.74 Å². The molecule has 8 rings (SSSR count). The molecule has 5 aromatic rings. The number of ether oxygens (including phenoxy) is 1. The molecule has 14 heteroatoms. The van der Waals surface area contributed by atoms with Crippen molar-refractivity contribution < 1.29 is 18.0 Å². The topological polar surface area (TPSA) is 51.1 Å². The molecular weight excluding hydrogens is 1370 g/mol. The van der Waals surface area contributed by atoms with E-state index >= 15 is 0 Å². The molecule has 3 saturated heterocycles. The molecule has 3 aliphatic rings. The zero-order valence-corrected chi connectivity index (χ0v) is 42.5. The summed E-state index contributed by atoms with van der Waals surface area (Å²) in [6, 6.07) is 28.0. The van der Waals surface area contributed by atoms with Gasteiger partial charge in [0.15, 0.2) is 0 Å². The molecule has 3 aromatic heterocycles. The quantitative estimate of drug-likeness (QED) is 0.133. The Bertz CT molecular complexity index is 1570. The summed E-state index contributed by atoms with van der Waals surface area (Å²) in [7, 11) is 0. The summed E-state index contributed by atoms with van der Waals surface area (Å²) in [5, 5.41) is 1.74. The molecule has 6 heterocycles. The third kappa shape index (κ3) is 17.1. The molecule has 50 heavy (non-hydrogen) atoms. The first-order valence-electron chi connectivity index (χ1n) is 15.1. The fourth-order valence-electron chi connectivity index (χ4n) is 5.19. The first-order chi connectivity index (χ1) is 23.7. The second-order valence-corrected chi connectivity index (χ2v) is 28.6. The Balaban J connectivity index is 0.000000266. The molecule has 0 aliphatic carbocycles. The molecule has 0 unspecified atom stereocenters. The second kappa shape index (κ2) is 26.7. The van der Waals surface area contributed by atoms with E-state index in [-0.39, 0.29) is 24.0 Å². The molecule has 0 amide bonds. The van der Waals surface area contributed by atoms with E-state index in [4.69, 9.17) is 39.5 Å². The molecule has 1 atom stereocenters. The van der Waals surface area contributed by atoms with Crippen LogP contribution in [-0.4, -0.2) is 45.6 Å². The van der Waals surface area contributed by atoms with Gasteiger partial charge in [0.25, 0.3) is 0 Å². The average molecular weight is 1410 g/mol. The van der Waals surface area contributed by atoms with Crippen LogP contribution >= 0.6 is 133 Å². The SMILES string of the molecule is Cc1ccc(-c2ccc(Cl)cn2)cc1.Cc1ccc(-c2ccc(O[C@H]3CN4CCC3CC4)cn2)cc1.Clc1ccc(Cl)nc1.I.II.I[I-]I. The van der Waals surface area contributed by atoms with Crippen molar-refractivity contribution in [2.75, 3.05) is 19.6 Å². The van der Waals surface area contributed by atoms with Crippen molar-refractivity contribution in [3.63, 3.8) is 0 Å². The summed E-state index contributed by atoms with van der Waals surface area (Å²) < 4.78 is 6.20. The van der Waals surface area contributed by atoms with E-state index in [0.29, 0.717) is 34.6 Å². The summed E-state index contributed by atoms with van der Waals surface area (Å²) in [6.45, 7) is 7.73. The molecular formula is C36H36Cl3I6N4O-. The number of hydrogen-bond donors (Lipinski definition) is 0. The Morgan fingerprint density at radius 2 is 1.12 bits per heavy atom.